The van der Waals surface area contributed by atoms with Crippen LogP contribution in [0, 0.1) is 0 Å². The number of nitrogens with one attached hydrogen (secondary N) is 1. The highest BCUT2D eigenvalue weighted by Gasteiger charge is 2.42. The van der Waals surface area contributed by atoms with Crippen LogP contribution < -0.4 is 10.1 Å². The van der Waals surface area contributed by atoms with Gasteiger partial charge in [-0.05, 0) is 30.5 Å². The minimum atomic E-state index is -4.77. The van der Waals surface area contributed by atoms with Crippen LogP contribution in [0.5, 0.6) is 5.75 Å². The third-order valence-electron chi connectivity index (χ3n) is 3.77. The Balaban J connectivity index is 1.96. The van der Waals surface area contributed by atoms with E-state index >= 15 is 0 Å². The van der Waals surface area contributed by atoms with Crippen molar-refractivity contribution in [1.82, 2.24) is 5.32 Å². The number of aliphatic carboxylic acids is 1. The maximum absolute atomic E-state index is 12.1. The van der Waals surface area contributed by atoms with Crippen molar-refractivity contribution >= 4 is 11.9 Å². The van der Waals surface area contributed by atoms with Crippen LogP contribution in [0.25, 0.3) is 0 Å². The maximum atomic E-state index is 12.1. The molecular weight excluding hydrogens is 315 g/mol. The van der Waals surface area contributed by atoms with Crippen LogP contribution in [0.3, 0.4) is 0 Å². The summed E-state index contributed by atoms with van der Waals surface area (Å²) in [5, 5.41) is 11.8. The second-order valence-corrected chi connectivity index (χ2v) is 5.51. The van der Waals surface area contributed by atoms with Gasteiger partial charge < -0.3 is 15.2 Å². The molecule has 1 aliphatic carbocycles. The van der Waals surface area contributed by atoms with E-state index in [1.54, 1.807) is 0 Å². The minimum absolute atomic E-state index is 0.110. The summed E-state index contributed by atoms with van der Waals surface area (Å²) < 4.78 is 39.9. The van der Waals surface area contributed by atoms with Gasteiger partial charge in [0, 0.05) is 0 Å². The summed E-state index contributed by atoms with van der Waals surface area (Å²) in [7, 11) is 0. The van der Waals surface area contributed by atoms with Crippen LogP contribution in [-0.2, 0) is 16.0 Å². The molecule has 0 radical (unpaired) electrons. The zero-order chi connectivity index (χ0) is 17.1. The summed E-state index contributed by atoms with van der Waals surface area (Å²) in [6.45, 7) is 0. The standard InChI is InChI=1S/C15H16F3NO4/c16-15(17,18)23-11-5-3-10(4-6-11)9-12(20)19-14(13(21)22)7-1-2-8-14/h3-6H,1-2,7-9H2,(H,19,20)(H,21,22). The molecule has 126 valence electrons. The molecule has 0 spiro atoms. The first-order valence-corrected chi connectivity index (χ1v) is 7.09. The van der Waals surface area contributed by atoms with Gasteiger partial charge in [0.05, 0.1) is 6.42 Å². The molecule has 1 aliphatic rings. The molecular formula is C15H16F3NO4. The van der Waals surface area contributed by atoms with Crippen LogP contribution >= 0.6 is 0 Å². The molecule has 0 saturated heterocycles. The van der Waals surface area contributed by atoms with Crippen LogP contribution in [-0.4, -0.2) is 28.9 Å². The fraction of sp³-hybridized carbons (Fsp3) is 0.467. The lowest BCUT2D eigenvalue weighted by molar-refractivity contribution is -0.274. The van der Waals surface area contributed by atoms with Crippen molar-refractivity contribution in [2.75, 3.05) is 0 Å². The highest BCUT2D eigenvalue weighted by Crippen LogP contribution is 2.30. The van der Waals surface area contributed by atoms with E-state index in [1.165, 1.54) is 12.1 Å². The molecule has 1 fully saturated rings. The van der Waals surface area contributed by atoms with Gasteiger partial charge in [-0.2, -0.15) is 0 Å². The van der Waals surface area contributed by atoms with Crippen molar-refractivity contribution in [3.05, 3.63) is 29.8 Å². The molecule has 8 heteroatoms. The number of amides is 1. The molecule has 0 heterocycles. The predicted molar refractivity (Wildman–Crippen MR) is 73.8 cm³/mol. The van der Waals surface area contributed by atoms with E-state index in [0.29, 0.717) is 18.4 Å². The number of carboxylic acids is 1. The fourth-order valence-electron chi connectivity index (χ4n) is 2.68. The smallest absolute Gasteiger partial charge is 0.480 e. The van der Waals surface area contributed by atoms with Crippen molar-refractivity contribution in [3.8, 4) is 5.75 Å². The van der Waals surface area contributed by atoms with Crippen LogP contribution in [0.1, 0.15) is 31.2 Å². The number of halogens is 3. The van der Waals surface area contributed by atoms with Gasteiger partial charge in [-0.15, -0.1) is 13.2 Å². The summed E-state index contributed by atoms with van der Waals surface area (Å²) in [6, 6.07) is 4.89. The van der Waals surface area contributed by atoms with Gasteiger partial charge in [-0.25, -0.2) is 4.79 Å². The molecule has 0 atom stereocenters. The Bertz CT molecular complexity index is 577. The summed E-state index contributed by atoms with van der Waals surface area (Å²) in [5.74, 6) is -1.91. The number of ether oxygens (including phenoxy) is 1. The number of alkyl halides is 3. The molecule has 0 aliphatic heterocycles. The monoisotopic (exact) mass is 331 g/mol. The average molecular weight is 331 g/mol. The normalized spacial score (nSPS) is 16.8. The zero-order valence-corrected chi connectivity index (χ0v) is 12.2. The second kappa shape index (κ2) is 6.47. The van der Waals surface area contributed by atoms with Gasteiger partial charge in [0.25, 0.3) is 0 Å². The van der Waals surface area contributed by atoms with E-state index in [9.17, 15) is 27.9 Å². The summed E-state index contributed by atoms with van der Waals surface area (Å²) in [5.41, 5.74) is -0.758. The van der Waals surface area contributed by atoms with E-state index < -0.39 is 23.8 Å². The van der Waals surface area contributed by atoms with E-state index in [2.05, 4.69) is 10.1 Å². The van der Waals surface area contributed by atoms with Gasteiger partial charge in [-0.1, -0.05) is 25.0 Å². The number of hydrogen-bond acceptors (Lipinski definition) is 3. The second-order valence-electron chi connectivity index (χ2n) is 5.51. The van der Waals surface area contributed by atoms with Gasteiger partial charge >= 0.3 is 12.3 Å². The molecule has 2 rings (SSSR count). The lowest BCUT2D eigenvalue weighted by atomic mass is 9.97. The Morgan fingerprint density at radius 3 is 2.22 bits per heavy atom. The van der Waals surface area contributed by atoms with E-state index in [-0.39, 0.29) is 12.2 Å². The number of carbonyl (C=O) groups excluding carboxylic acids is 1. The molecule has 1 aromatic carbocycles. The highest BCUT2D eigenvalue weighted by atomic mass is 19.4. The van der Waals surface area contributed by atoms with E-state index in [1.807, 2.05) is 0 Å². The molecule has 1 saturated carbocycles. The Labute approximate surface area is 130 Å². The number of carboxylic acid groups (broad SMARTS) is 1. The molecule has 0 unspecified atom stereocenters. The number of rotatable bonds is 5. The lowest BCUT2D eigenvalue weighted by Gasteiger charge is -2.25. The van der Waals surface area contributed by atoms with Gasteiger partial charge in [0.1, 0.15) is 11.3 Å². The predicted octanol–water partition coefficient (Wildman–Crippen LogP) is 2.64. The number of hydrogen-bond donors (Lipinski definition) is 2. The Hall–Kier alpha value is -2.25. The van der Waals surface area contributed by atoms with E-state index in [0.717, 1.165) is 25.0 Å². The van der Waals surface area contributed by atoms with Crippen molar-refractivity contribution in [2.24, 2.45) is 0 Å². The number of benzene rings is 1. The largest absolute Gasteiger partial charge is 0.573 e. The van der Waals surface area contributed by atoms with Gasteiger partial charge in [0.2, 0.25) is 5.91 Å². The molecule has 2 N–H and O–H groups in total. The average Bonchev–Trinajstić information content (AvgIpc) is 2.89. The Morgan fingerprint density at radius 2 is 1.74 bits per heavy atom. The fourth-order valence-corrected chi connectivity index (χ4v) is 2.68. The van der Waals surface area contributed by atoms with Crippen molar-refractivity contribution in [1.29, 1.82) is 0 Å². The van der Waals surface area contributed by atoms with Crippen molar-refractivity contribution in [3.63, 3.8) is 0 Å². The van der Waals surface area contributed by atoms with Gasteiger partial charge in [0.15, 0.2) is 0 Å². The number of carbonyl (C=O) groups is 2. The van der Waals surface area contributed by atoms with E-state index in [4.69, 9.17) is 0 Å². The third-order valence-corrected chi connectivity index (χ3v) is 3.77. The molecule has 1 amide bonds. The van der Waals surface area contributed by atoms with Crippen molar-refractivity contribution in [2.45, 2.75) is 44.0 Å². The third kappa shape index (κ3) is 4.61. The van der Waals surface area contributed by atoms with Crippen LogP contribution in [0.2, 0.25) is 0 Å². The SMILES string of the molecule is O=C(Cc1ccc(OC(F)(F)F)cc1)NC1(C(=O)O)CCCC1. The minimum Gasteiger partial charge on any atom is -0.480 e. The Kier molecular flexibility index (Phi) is 4.82. The van der Waals surface area contributed by atoms with Crippen LogP contribution in [0.4, 0.5) is 13.2 Å². The zero-order valence-electron chi connectivity index (χ0n) is 12.2. The van der Waals surface area contributed by atoms with Crippen molar-refractivity contribution < 1.29 is 32.6 Å². The Morgan fingerprint density at radius 1 is 1.17 bits per heavy atom. The first-order chi connectivity index (χ1) is 10.7. The first-order valence-electron chi connectivity index (χ1n) is 7.09. The van der Waals surface area contributed by atoms with Gasteiger partial charge in [-0.3, -0.25) is 4.79 Å². The first kappa shape index (κ1) is 17.1. The molecule has 0 aromatic heterocycles. The summed E-state index contributed by atoms with van der Waals surface area (Å²) in [4.78, 5) is 23.4. The topological polar surface area (TPSA) is 75.6 Å². The maximum Gasteiger partial charge on any atom is 0.573 e. The highest BCUT2D eigenvalue weighted by molar-refractivity contribution is 5.88. The summed E-state index contributed by atoms with van der Waals surface area (Å²) >= 11 is 0. The van der Waals surface area contributed by atoms with Crippen LogP contribution in [0.15, 0.2) is 24.3 Å². The molecule has 23 heavy (non-hydrogen) atoms. The molecule has 5 nitrogen and oxygen atoms in total. The lowest BCUT2D eigenvalue weighted by Crippen LogP contribution is -2.52. The molecule has 0 bridgehead atoms. The quantitative estimate of drug-likeness (QED) is 0.870. The molecule has 1 aromatic rings. The summed E-state index contributed by atoms with van der Waals surface area (Å²) in [6.07, 6.45) is -2.65.